The Morgan fingerprint density at radius 1 is 1.11 bits per heavy atom. The predicted molar refractivity (Wildman–Crippen MR) is 146 cm³/mol. The molecular weight excluding hydrogens is 454 g/mol. The predicted octanol–water partition coefficient (Wildman–Crippen LogP) is 5.03. The molecule has 2 aromatic carbocycles. The molecule has 0 unspecified atom stereocenters. The lowest BCUT2D eigenvalue weighted by Gasteiger charge is -2.32. The van der Waals surface area contributed by atoms with E-state index in [1.165, 1.54) is 5.56 Å². The fourth-order valence-electron chi connectivity index (χ4n) is 4.46. The van der Waals surface area contributed by atoms with Crippen LogP contribution < -0.4 is 5.32 Å². The van der Waals surface area contributed by atoms with Crippen LogP contribution in [0.2, 0.25) is 0 Å². The molecule has 1 saturated heterocycles. The van der Waals surface area contributed by atoms with E-state index in [0.29, 0.717) is 6.42 Å². The number of aromatic nitrogens is 2. The van der Waals surface area contributed by atoms with Gasteiger partial charge in [-0.3, -0.25) is 14.8 Å². The number of aryl methyl sites for hydroxylation is 1. The number of H-pyrrole nitrogens is 1. The number of fused-ring (bicyclic) bond motifs is 1. The van der Waals surface area contributed by atoms with Crippen LogP contribution in [-0.4, -0.2) is 59.1 Å². The molecule has 180 valence electrons. The molecule has 0 radical (unpaired) electrons. The van der Waals surface area contributed by atoms with Crippen molar-refractivity contribution >= 4 is 46.0 Å². The monoisotopic (exact) mass is 485 g/mol. The van der Waals surface area contributed by atoms with Gasteiger partial charge in [-0.25, -0.2) is 0 Å². The van der Waals surface area contributed by atoms with Gasteiger partial charge in [-0.1, -0.05) is 36.4 Å². The van der Waals surface area contributed by atoms with Gasteiger partial charge in [-0.05, 0) is 60.3 Å². The highest BCUT2D eigenvalue weighted by atomic mass is 32.1. The lowest BCUT2D eigenvalue weighted by atomic mass is 10.1. The molecule has 1 aliphatic heterocycles. The van der Waals surface area contributed by atoms with Crippen LogP contribution in [-0.2, 0) is 17.8 Å². The van der Waals surface area contributed by atoms with Crippen LogP contribution in [0.25, 0.3) is 23.1 Å². The smallest absolute Gasteiger partial charge is 0.229 e. The Kier molecular flexibility index (Phi) is 7.08. The number of carbonyl (C=O) groups excluding carboxylic acids is 1. The Labute approximate surface area is 210 Å². The number of hydrogen-bond donors (Lipinski definition) is 2. The summed E-state index contributed by atoms with van der Waals surface area (Å²) in [6.07, 6.45) is 4.54. The molecule has 1 aliphatic rings. The second kappa shape index (κ2) is 10.6. The average molecular weight is 486 g/mol. The minimum absolute atomic E-state index is 0.00680. The van der Waals surface area contributed by atoms with Crippen LogP contribution in [0.3, 0.4) is 0 Å². The van der Waals surface area contributed by atoms with Crippen LogP contribution in [0.1, 0.15) is 27.3 Å². The molecule has 1 fully saturated rings. The summed E-state index contributed by atoms with van der Waals surface area (Å²) in [5.74, 6) is -0.00680. The molecule has 1 amide bonds. The lowest BCUT2D eigenvalue weighted by molar-refractivity contribution is -0.115. The van der Waals surface area contributed by atoms with Crippen LogP contribution in [0.5, 0.6) is 0 Å². The van der Waals surface area contributed by atoms with Crippen molar-refractivity contribution in [3.05, 3.63) is 81.2 Å². The molecule has 6 nitrogen and oxygen atoms in total. The first kappa shape index (κ1) is 23.5. The number of likely N-dealkylation sites (N-methyl/N-ethyl adjacent to an activating group) is 1. The Hall–Kier alpha value is -3.26. The van der Waals surface area contributed by atoms with E-state index in [1.54, 1.807) is 11.3 Å². The summed E-state index contributed by atoms with van der Waals surface area (Å²) in [4.78, 5) is 18.5. The minimum Gasteiger partial charge on any atom is -0.326 e. The summed E-state index contributed by atoms with van der Waals surface area (Å²) < 4.78 is 0. The van der Waals surface area contributed by atoms with E-state index in [9.17, 15) is 4.79 Å². The summed E-state index contributed by atoms with van der Waals surface area (Å²) in [7, 11) is 2.19. The van der Waals surface area contributed by atoms with Crippen molar-refractivity contribution in [3.63, 3.8) is 0 Å². The van der Waals surface area contributed by atoms with Crippen molar-refractivity contribution < 1.29 is 4.79 Å². The fourth-order valence-corrected chi connectivity index (χ4v) is 5.16. The number of rotatable bonds is 7. The number of anilines is 1. The molecule has 0 atom stereocenters. The maximum Gasteiger partial charge on any atom is 0.229 e. The third kappa shape index (κ3) is 5.88. The minimum atomic E-state index is -0.00680. The quantitative estimate of drug-likeness (QED) is 0.385. The van der Waals surface area contributed by atoms with Crippen molar-refractivity contribution in [2.75, 3.05) is 38.5 Å². The van der Waals surface area contributed by atoms with Gasteiger partial charge < -0.3 is 10.2 Å². The third-order valence-electron chi connectivity index (χ3n) is 6.51. The number of carbonyl (C=O) groups is 1. The Balaban J connectivity index is 1.30. The van der Waals surface area contributed by atoms with Gasteiger partial charge in [0.1, 0.15) is 0 Å². The van der Waals surface area contributed by atoms with Crippen molar-refractivity contribution in [1.82, 2.24) is 20.0 Å². The number of hydrogen-bond acceptors (Lipinski definition) is 5. The van der Waals surface area contributed by atoms with Gasteiger partial charge in [0.25, 0.3) is 0 Å². The van der Waals surface area contributed by atoms with Crippen molar-refractivity contribution in [2.24, 2.45) is 0 Å². The number of aromatic amines is 1. The number of amides is 1. The first-order chi connectivity index (χ1) is 17.0. The van der Waals surface area contributed by atoms with Gasteiger partial charge in [-0.15, -0.1) is 11.3 Å². The maximum atomic E-state index is 12.5. The summed E-state index contributed by atoms with van der Waals surface area (Å²) in [5.41, 5.74) is 6.14. The third-order valence-corrected chi connectivity index (χ3v) is 7.39. The van der Waals surface area contributed by atoms with Gasteiger partial charge in [0.2, 0.25) is 5.91 Å². The standard InChI is InChI=1S/C28H31N5OS/c1-20-15-27-24(18-26(20)29-28(34)17-23-7-4-14-35-23)25(30-31-27)9-8-21-5-3-6-22(16-21)19-33-12-10-32(2)11-13-33/h3-9,14-16,18H,10-13,17,19H2,1-2H3,(H,29,34)(H,30,31). The summed E-state index contributed by atoms with van der Waals surface area (Å²) in [6, 6.07) is 16.7. The molecule has 35 heavy (non-hydrogen) atoms. The zero-order valence-corrected chi connectivity index (χ0v) is 21.1. The molecule has 2 N–H and O–H groups in total. The molecule has 2 aromatic heterocycles. The summed E-state index contributed by atoms with van der Waals surface area (Å²) >= 11 is 1.60. The van der Waals surface area contributed by atoms with Crippen LogP contribution in [0, 0.1) is 6.92 Å². The number of nitrogens with one attached hydrogen (secondary N) is 2. The van der Waals surface area contributed by atoms with Gasteiger partial charge >= 0.3 is 0 Å². The molecule has 3 heterocycles. The van der Waals surface area contributed by atoms with Crippen molar-refractivity contribution in [1.29, 1.82) is 0 Å². The Bertz CT molecular complexity index is 1330. The van der Waals surface area contributed by atoms with E-state index in [0.717, 1.165) is 71.0 Å². The van der Waals surface area contributed by atoms with Crippen molar-refractivity contribution in [2.45, 2.75) is 19.9 Å². The van der Waals surface area contributed by atoms with Gasteiger partial charge in [-0.2, -0.15) is 5.10 Å². The van der Waals surface area contributed by atoms with Gasteiger partial charge in [0.05, 0.1) is 17.6 Å². The molecule has 0 bridgehead atoms. The second-order valence-corrected chi connectivity index (χ2v) is 10.3. The van der Waals surface area contributed by atoms with E-state index in [4.69, 9.17) is 0 Å². The van der Waals surface area contributed by atoms with Crippen LogP contribution >= 0.6 is 11.3 Å². The van der Waals surface area contributed by atoms with E-state index < -0.39 is 0 Å². The summed E-state index contributed by atoms with van der Waals surface area (Å²) in [6.45, 7) is 7.46. The van der Waals surface area contributed by atoms with Gasteiger partial charge in [0.15, 0.2) is 0 Å². The maximum absolute atomic E-state index is 12.5. The largest absolute Gasteiger partial charge is 0.326 e. The normalized spacial score (nSPS) is 15.3. The highest BCUT2D eigenvalue weighted by Crippen LogP contribution is 2.26. The average Bonchev–Trinajstić information content (AvgIpc) is 3.49. The zero-order chi connectivity index (χ0) is 24.2. The van der Waals surface area contributed by atoms with E-state index in [1.807, 2.05) is 42.6 Å². The molecule has 0 spiro atoms. The zero-order valence-electron chi connectivity index (χ0n) is 20.3. The lowest BCUT2D eigenvalue weighted by Crippen LogP contribution is -2.43. The van der Waals surface area contributed by atoms with E-state index in [-0.39, 0.29) is 5.91 Å². The topological polar surface area (TPSA) is 64.3 Å². The van der Waals surface area contributed by atoms with E-state index >= 15 is 0 Å². The number of thiophene rings is 1. The van der Waals surface area contributed by atoms with Crippen LogP contribution in [0.4, 0.5) is 5.69 Å². The number of nitrogens with zero attached hydrogens (tertiary/aromatic N) is 3. The fraction of sp³-hybridized carbons (Fsp3) is 0.286. The first-order valence-electron chi connectivity index (χ1n) is 12.0. The van der Waals surface area contributed by atoms with Crippen molar-refractivity contribution in [3.8, 4) is 0 Å². The highest BCUT2D eigenvalue weighted by molar-refractivity contribution is 7.10. The molecule has 0 saturated carbocycles. The van der Waals surface area contributed by atoms with E-state index in [2.05, 4.69) is 62.7 Å². The number of benzene rings is 2. The molecule has 7 heteroatoms. The summed E-state index contributed by atoms with van der Waals surface area (Å²) in [5, 5.41) is 13.7. The second-order valence-electron chi connectivity index (χ2n) is 9.28. The van der Waals surface area contributed by atoms with Gasteiger partial charge in [0, 0.05) is 48.7 Å². The molecule has 5 rings (SSSR count). The first-order valence-corrected chi connectivity index (χ1v) is 12.9. The highest BCUT2D eigenvalue weighted by Gasteiger charge is 2.14. The van der Waals surface area contributed by atoms with Crippen LogP contribution in [0.15, 0.2) is 53.9 Å². The molecule has 4 aromatic rings. The molecule has 0 aliphatic carbocycles. The number of piperazine rings is 1. The Morgan fingerprint density at radius 2 is 1.97 bits per heavy atom. The molecular formula is C28H31N5OS. The Morgan fingerprint density at radius 3 is 2.77 bits per heavy atom. The SMILES string of the molecule is Cc1cc2[nH]nc(C=Cc3cccc(CN4CCN(C)CC4)c3)c2cc1NC(=O)Cc1cccs1.